The number of carbonyl (C=O) groups excluding carboxylic acids is 1. The van der Waals surface area contributed by atoms with Crippen LogP contribution in [-0.4, -0.2) is 10.4 Å². The molecule has 0 unspecified atom stereocenters. The van der Waals surface area contributed by atoms with E-state index in [0.29, 0.717) is 22.2 Å². The molecule has 0 amide bonds. The van der Waals surface area contributed by atoms with E-state index in [9.17, 15) is 10.1 Å². The highest BCUT2D eigenvalue weighted by molar-refractivity contribution is 6.42. The molecule has 3 nitrogen and oxygen atoms in total. The molecule has 0 bridgehead atoms. The van der Waals surface area contributed by atoms with Crippen molar-refractivity contribution in [2.45, 2.75) is 6.54 Å². The van der Waals surface area contributed by atoms with Crippen molar-refractivity contribution in [3.63, 3.8) is 0 Å². The van der Waals surface area contributed by atoms with Crippen LogP contribution in [0.15, 0.2) is 84.6 Å². The Labute approximate surface area is 184 Å². The number of hydrogen-bond donors (Lipinski definition) is 0. The summed E-state index contributed by atoms with van der Waals surface area (Å²) in [6, 6.07) is 24.3. The Morgan fingerprint density at radius 1 is 0.967 bits per heavy atom. The second-order valence-corrected chi connectivity index (χ2v) is 7.66. The Hall–Kier alpha value is -3.32. The minimum Gasteiger partial charge on any atom is -0.342 e. The van der Waals surface area contributed by atoms with Crippen molar-refractivity contribution in [2.75, 3.05) is 0 Å². The number of carbonyl (C=O) groups is 1. The molecule has 0 saturated carbocycles. The Morgan fingerprint density at radius 2 is 1.70 bits per heavy atom. The zero-order valence-corrected chi connectivity index (χ0v) is 17.4. The first-order valence-electron chi connectivity index (χ1n) is 9.30. The van der Waals surface area contributed by atoms with E-state index in [1.54, 1.807) is 36.4 Å². The lowest BCUT2D eigenvalue weighted by atomic mass is 10.0. The third-order valence-electron chi connectivity index (χ3n) is 4.86. The topological polar surface area (TPSA) is 45.8 Å². The van der Waals surface area contributed by atoms with Crippen LogP contribution in [0.25, 0.3) is 17.0 Å². The largest absolute Gasteiger partial charge is 0.342 e. The maximum absolute atomic E-state index is 12.8. The molecule has 4 aromatic rings. The van der Waals surface area contributed by atoms with Crippen molar-refractivity contribution >= 4 is 46.0 Å². The van der Waals surface area contributed by atoms with Gasteiger partial charge in [0.1, 0.15) is 11.6 Å². The number of fused-ring (bicyclic) bond motifs is 1. The van der Waals surface area contributed by atoms with E-state index >= 15 is 0 Å². The van der Waals surface area contributed by atoms with Gasteiger partial charge in [-0.25, -0.2) is 0 Å². The molecule has 0 N–H and O–H groups in total. The van der Waals surface area contributed by atoms with E-state index in [4.69, 9.17) is 23.2 Å². The number of para-hydroxylation sites is 1. The number of ketones is 1. The molecule has 0 aliphatic rings. The second kappa shape index (κ2) is 8.59. The number of benzene rings is 3. The van der Waals surface area contributed by atoms with Crippen LogP contribution < -0.4 is 0 Å². The van der Waals surface area contributed by atoms with Crippen molar-refractivity contribution < 1.29 is 4.79 Å². The molecular formula is C25H16Cl2N2O. The lowest BCUT2D eigenvalue weighted by Crippen LogP contribution is -2.01. The first-order valence-corrected chi connectivity index (χ1v) is 10.1. The molecule has 30 heavy (non-hydrogen) atoms. The van der Waals surface area contributed by atoms with E-state index < -0.39 is 0 Å². The van der Waals surface area contributed by atoms with Crippen LogP contribution >= 0.6 is 23.2 Å². The summed E-state index contributed by atoms with van der Waals surface area (Å²) in [5, 5.41) is 11.6. The zero-order chi connectivity index (χ0) is 21.1. The summed E-state index contributed by atoms with van der Waals surface area (Å²) in [5.74, 6) is -0.292. The molecule has 0 aliphatic carbocycles. The molecule has 5 heteroatoms. The highest BCUT2D eigenvalue weighted by Gasteiger charge is 2.14. The second-order valence-electron chi connectivity index (χ2n) is 6.84. The predicted octanol–water partition coefficient (Wildman–Crippen LogP) is 6.79. The van der Waals surface area contributed by atoms with E-state index in [1.165, 1.54) is 0 Å². The third kappa shape index (κ3) is 4.02. The summed E-state index contributed by atoms with van der Waals surface area (Å²) in [4.78, 5) is 12.8. The van der Waals surface area contributed by atoms with Crippen LogP contribution in [0.4, 0.5) is 0 Å². The van der Waals surface area contributed by atoms with E-state index in [-0.39, 0.29) is 11.4 Å². The molecule has 1 heterocycles. The molecule has 0 spiro atoms. The summed E-state index contributed by atoms with van der Waals surface area (Å²) in [6.07, 6.45) is 3.60. The van der Waals surface area contributed by atoms with Gasteiger partial charge in [0.25, 0.3) is 0 Å². The molecule has 0 saturated heterocycles. The molecule has 0 radical (unpaired) electrons. The first-order chi connectivity index (χ1) is 14.6. The van der Waals surface area contributed by atoms with Crippen LogP contribution in [0.5, 0.6) is 0 Å². The van der Waals surface area contributed by atoms with E-state index in [2.05, 4.69) is 10.6 Å². The highest BCUT2D eigenvalue weighted by Crippen LogP contribution is 2.27. The van der Waals surface area contributed by atoms with Gasteiger partial charge < -0.3 is 4.57 Å². The summed E-state index contributed by atoms with van der Waals surface area (Å²) < 4.78 is 2.07. The smallest absolute Gasteiger partial charge is 0.203 e. The van der Waals surface area contributed by atoms with Gasteiger partial charge in [0.2, 0.25) is 5.78 Å². The first kappa shape index (κ1) is 20.0. The fourth-order valence-corrected chi connectivity index (χ4v) is 3.73. The number of nitriles is 1. The minimum absolute atomic E-state index is 0.0960. The molecular weight excluding hydrogens is 415 g/mol. The van der Waals surface area contributed by atoms with Gasteiger partial charge in [-0.3, -0.25) is 4.79 Å². The standard InChI is InChI=1S/C25H16Cl2N2O/c26-22-11-10-17(12-23(22)27)15-29-16-20(21-8-4-5-9-24(21)29)13-19(14-28)25(30)18-6-2-1-3-7-18/h1-13,16H,15H2/b19-13+. The van der Waals surface area contributed by atoms with Crippen molar-refractivity contribution in [1.82, 2.24) is 4.57 Å². The van der Waals surface area contributed by atoms with Gasteiger partial charge >= 0.3 is 0 Å². The SMILES string of the molecule is N#C/C(=C\c1cn(Cc2ccc(Cl)c(Cl)c2)c2ccccc12)C(=O)c1ccccc1. The molecule has 0 fully saturated rings. The van der Waals surface area contributed by atoms with Gasteiger partial charge in [-0.2, -0.15) is 5.26 Å². The average molecular weight is 431 g/mol. The van der Waals surface area contributed by atoms with E-state index in [0.717, 1.165) is 22.0 Å². The number of halogens is 2. The summed E-state index contributed by atoms with van der Waals surface area (Å²) >= 11 is 12.2. The van der Waals surface area contributed by atoms with Crippen LogP contribution in [0.1, 0.15) is 21.5 Å². The van der Waals surface area contributed by atoms with Gasteiger partial charge in [-0.05, 0) is 29.8 Å². The Balaban J connectivity index is 1.76. The third-order valence-corrected chi connectivity index (χ3v) is 5.60. The highest BCUT2D eigenvalue weighted by atomic mass is 35.5. The number of aromatic nitrogens is 1. The zero-order valence-electron chi connectivity index (χ0n) is 15.8. The number of rotatable bonds is 5. The Bertz CT molecular complexity index is 1310. The fraction of sp³-hybridized carbons (Fsp3) is 0.0400. The summed E-state index contributed by atoms with van der Waals surface area (Å²) in [7, 11) is 0. The Kier molecular flexibility index (Phi) is 5.72. The normalized spacial score (nSPS) is 11.4. The quantitative estimate of drug-likeness (QED) is 0.199. The molecule has 1 aromatic heterocycles. The maximum atomic E-state index is 12.8. The summed E-state index contributed by atoms with van der Waals surface area (Å²) in [6.45, 7) is 0.583. The number of hydrogen-bond acceptors (Lipinski definition) is 2. The van der Waals surface area contributed by atoms with E-state index in [1.807, 2.05) is 48.7 Å². The molecule has 4 rings (SSSR count). The van der Waals surface area contributed by atoms with Gasteiger partial charge in [0, 0.05) is 34.8 Å². The lowest BCUT2D eigenvalue weighted by Gasteiger charge is -2.06. The average Bonchev–Trinajstić information content (AvgIpc) is 3.12. The van der Waals surface area contributed by atoms with Crippen LogP contribution in [-0.2, 0) is 6.54 Å². The predicted molar refractivity (Wildman–Crippen MR) is 122 cm³/mol. The van der Waals surface area contributed by atoms with Crippen molar-refractivity contribution in [1.29, 1.82) is 5.26 Å². The molecule has 0 aliphatic heterocycles. The Morgan fingerprint density at radius 3 is 2.43 bits per heavy atom. The van der Waals surface area contributed by atoms with Gasteiger partial charge in [0.15, 0.2) is 0 Å². The minimum atomic E-state index is -0.292. The number of nitrogens with zero attached hydrogens (tertiary/aromatic N) is 2. The monoisotopic (exact) mass is 430 g/mol. The van der Waals surface area contributed by atoms with Crippen molar-refractivity contribution in [3.8, 4) is 6.07 Å². The van der Waals surface area contributed by atoms with Gasteiger partial charge in [0.05, 0.1) is 10.0 Å². The van der Waals surface area contributed by atoms with Gasteiger partial charge in [-0.1, -0.05) is 77.8 Å². The number of Topliss-reactive ketones (excluding diaryl/α,β-unsaturated/α-hetero) is 1. The lowest BCUT2D eigenvalue weighted by molar-refractivity contribution is 0.104. The van der Waals surface area contributed by atoms with Crippen molar-refractivity contribution in [2.24, 2.45) is 0 Å². The van der Waals surface area contributed by atoms with Gasteiger partial charge in [-0.15, -0.1) is 0 Å². The molecule has 146 valence electrons. The van der Waals surface area contributed by atoms with Crippen molar-refractivity contribution in [3.05, 3.63) is 111 Å². The summed E-state index contributed by atoms with van der Waals surface area (Å²) in [5.41, 5.74) is 3.40. The van der Waals surface area contributed by atoms with Crippen LogP contribution in [0.2, 0.25) is 10.0 Å². The molecule has 3 aromatic carbocycles. The van der Waals surface area contributed by atoms with Crippen LogP contribution in [0.3, 0.4) is 0 Å². The fourth-order valence-electron chi connectivity index (χ4n) is 3.40. The maximum Gasteiger partial charge on any atom is 0.203 e. The van der Waals surface area contributed by atoms with Crippen LogP contribution in [0, 0.1) is 11.3 Å². The molecule has 0 atom stereocenters. The number of allylic oxidation sites excluding steroid dienone is 1.